The minimum atomic E-state index is 0.175. The molecule has 0 unspecified atom stereocenters. The molecule has 0 spiro atoms. The van der Waals surface area contributed by atoms with E-state index in [1.165, 1.54) is 5.56 Å². The molecule has 0 bridgehead atoms. The number of hydrogen-bond acceptors (Lipinski definition) is 2. The monoisotopic (exact) mass is 375 g/mol. The number of ether oxygens (including phenoxy) is 1. The Hall–Kier alpha value is -1.81. The predicted octanol–water partition coefficient (Wildman–Crippen LogP) is 4.44. The molecule has 0 saturated carbocycles. The number of hydrogen-bond donors (Lipinski definition) is 0. The lowest BCUT2D eigenvalue weighted by Gasteiger charge is -2.18. The van der Waals surface area contributed by atoms with Crippen LogP contribution in [-0.2, 0) is 17.8 Å². The van der Waals surface area contributed by atoms with Gasteiger partial charge < -0.3 is 9.64 Å². The first kappa shape index (κ1) is 17.5. The van der Waals surface area contributed by atoms with Gasteiger partial charge in [0.2, 0.25) is 5.91 Å². The van der Waals surface area contributed by atoms with Gasteiger partial charge in [0.1, 0.15) is 5.75 Å². The molecule has 23 heavy (non-hydrogen) atoms. The molecule has 0 aliphatic carbocycles. The Bertz CT molecular complexity index is 640. The fraction of sp³-hybridized carbons (Fsp3) is 0.316. The van der Waals surface area contributed by atoms with E-state index in [9.17, 15) is 4.79 Å². The van der Waals surface area contributed by atoms with E-state index in [1.807, 2.05) is 55.6 Å². The molecule has 0 aliphatic heterocycles. The van der Waals surface area contributed by atoms with Crippen LogP contribution in [0.2, 0.25) is 0 Å². The molecule has 0 N–H and O–H groups in total. The van der Waals surface area contributed by atoms with E-state index < -0.39 is 0 Å². The number of amides is 1. The zero-order valence-corrected chi connectivity index (χ0v) is 15.2. The van der Waals surface area contributed by atoms with Gasteiger partial charge in [-0.15, -0.1) is 0 Å². The average Bonchev–Trinajstić information content (AvgIpc) is 2.57. The lowest BCUT2D eigenvalue weighted by Crippen LogP contribution is -2.26. The van der Waals surface area contributed by atoms with Crippen LogP contribution in [0.25, 0.3) is 0 Å². The van der Waals surface area contributed by atoms with Crippen LogP contribution in [0.5, 0.6) is 5.75 Å². The molecule has 0 aliphatic rings. The molecule has 122 valence electrons. The summed E-state index contributed by atoms with van der Waals surface area (Å²) in [5, 5.41) is 0. The van der Waals surface area contributed by atoms with Crippen molar-refractivity contribution in [2.24, 2.45) is 0 Å². The van der Waals surface area contributed by atoms with Gasteiger partial charge in [-0.25, -0.2) is 0 Å². The van der Waals surface area contributed by atoms with Crippen molar-refractivity contribution in [2.45, 2.75) is 25.8 Å². The Morgan fingerprint density at radius 2 is 1.83 bits per heavy atom. The average molecular weight is 376 g/mol. The van der Waals surface area contributed by atoms with Crippen molar-refractivity contribution in [3.05, 3.63) is 64.1 Å². The standard InChI is InChI=1S/C19H22BrNO2/c1-21(14-16-7-3-4-8-18(16)20)19(22)9-5-6-15-10-12-17(23-2)13-11-15/h3-4,7-8,10-13H,5-6,9,14H2,1-2H3. The fourth-order valence-electron chi connectivity index (χ4n) is 2.40. The molecule has 2 aromatic rings. The second-order valence-electron chi connectivity index (χ2n) is 5.54. The van der Waals surface area contributed by atoms with Crippen LogP contribution in [0.1, 0.15) is 24.0 Å². The summed E-state index contributed by atoms with van der Waals surface area (Å²) >= 11 is 3.52. The van der Waals surface area contributed by atoms with Crippen molar-refractivity contribution in [1.29, 1.82) is 0 Å². The SMILES string of the molecule is COc1ccc(CCCC(=O)N(C)Cc2ccccc2Br)cc1. The minimum Gasteiger partial charge on any atom is -0.497 e. The van der Waals surface area contributed by atoms with Crippen molar-refractivity contribution in [3.63, 3.8) is 0 Å². The van der Waals surface area contributed by atoms with E-state index in [0.29, 0.717) is 13.0 Å². The summed E-state index contributed by atoms with van der Waals surface area (Å²) in [6.45, 7) is 0.628. The number of methoxy groups -OCH3 is 1. The van der Waals surface area contributed by atoms with Crippen molar-refractivity contribution in [3.8, 4) is 5.75 Å². The van der Waals surface area contributed by atoms with Crippen LogP contribution in [0.4, 0.5) is 0 Å². The van der Waals surface area contributed by atoms with E-state index >= 15 is 0 Å². The summed E-state index contributed by atoms with van der Waals surface area (Å²) < 4.78 is 6.18. The molecule has 0 aromatic heterocycles. The number of carbonyl (C=O) groups is 1. The van der Waals surface area contributed by atoms with Gasteiger partial charge in [-0.1, -0.05) is 46.3 Å². The maximum atomic E-state index is 12.2. The molecule has 2 rings (SSSR count). The topological polar surface area (TPSA) is 29.5 Å². The quantitative estimate of drug-likeness (QED) is 0.715. The Labute approximate surface area is 146 Å². The molecule has 1 amide bonds. The van der Waals surface area contributed by atoms with Gasteiger partial charge in [0.15, 0.2) is 0 Å². The first-order valence-electron chi connectivity index (χ1n) is 7.70. The Balaban J connectivity index is 1.78. The van der Waals surface area contributed by atoms with Gasteiger partial charge in [0.05, 0.1) is 7.11 Å². The molecule has 2 aromatic carbocycles. The van der Waals surface area contributed by atoms with Gasteiger partial charge in [-0.2, -0.15) is 0 Å². The second kappa shape index (κ2) is 8.73. The summed E-state index contributed by atoms with van der Waals surface area (Å²) in [6, 6.07) is 16.0. The third-order valence-electron chi connectivity index (χ3n) is 3.81. The highest BCUT2D eigenvalue weighted by Crippen LogP contribution is 2.18. The highest BCUT2D eigenvalue weighted by Gasteiger charge is 2.10. The predicted molar refractivity (Wildman–Crippen MR) is 96.5 cm³/mol. The summed E-state index contributed by atoms with van der Waals surface area (Å²) in [5.74, 6) is 1.03. The van der Waals surface area contributed by atoms with Gasteiger partial charge in [0.25, 0.3) is 0 Å². The molecule has 0 fully saturated rings. The number of rotatable bonds is 7. The van der Waals surface area contributed by atoms with Crippen molar-refractivity contribution in [1.82, 2.24) is 4.90 Å². The lowest BCUT2D eigenvalue weighted by atomic mass is 10.1. The molecule has 0 saturated heterocycles. The lowest BCUT2D eigenvalue weighted by molar-refractivity contribution is -0.130. The maximum Gasteiger partial charge on any atom is 0.222 e. The minimum absolute atomic E-state index is 0.175. The largest absolute Gasteiger partial charge is 0.497 e. The number of nitrogens with zero attached hydrogens (tertiary/aromatic N) is 1. The van der Waals surface area contributed by atoms with E-state index in [4.69, 9.17) is 4.74 Å². The van der Waals surface area contributed by atoms with Gasteiger partial charge in [0, 0.05) is 24.5 Å². The van der Waals surface area contributed by atoms with Gasteiger partial charge in [-0.3, -0.25) is 4.79 Å². The summed E-state index contributed by atoms with van der Waals surface area (Å²) in [5.41, 5.74) is 2.35. The van der Waals surface area contributed by atoms with Gasteiger partial charge in [-0.05, 0) is 42.2 Å². The van der Waals surface area contributed by atoms with E-state index in [2.05, 4.69) is 15.9 Å². The van der Waals surface area contributed by atoms with Crippen molar-refractivity contribution >= 4 is 21.8 Å². The zero-order valence-electron chi connectivity index (χ0n) is 13.6. The first-order valence-corrected chi connectivity index (χ1v) is 8.49. The summed E-state index contributed by atoms with van der Waals surface area (Å²) in [4.78, 5) is 14.0. The smallest absolute Gasteiger partial charge is 0.222 e. The molecular formula is C19H22BrNO2. The fourth-order valence-corrected chi connectivity index (χ4v) is 2.81. The molecule has 3 nitrogen and oxygen atoms in total. The number of aryl methyl sites for hydroxylation is 1. The third kappa shape index (κ3) is 5.39. The Kier molecular flexibility index (Phi) is 6.66. The number of benzene rings is 2. The van der Waals surface area contributed by atoms with Crippen LogP contribution in [0, 0.1) is 0 Å². The van der Waals surface area contributed by atoms with Crippen LogP contribution in [-0.4, -0.2) is 25.0 Å². The van der Waals surface area contributed by atoms with E-state index in [0.717, 1.165) is 28.6 Å². The molecule has 4 heteroatoms. The summed E-state index contributed by atoms with van der Waals surface area (Å²) in [6.07, 6.45) is 2.32. The maximum absolute atomic E-state index is 12.2. The Morgan fingerprint density at radius 1 is 1.13 bits per heavy atom. The van der Waals surface area contributed by atoms with E-state index in [-0.39, 0.29) is 5.91 Å². The highest BCUT2D eigenvalue weighted by atomic mass is 79.9. The number of halogens is 1. The molecule has 0 atom stereocenters. The zero-order chi connectivity index (χ0) is 16.7. The highest BCUT2D eigenvalue weighted by molar-refractivity contribution is 9.10. The van der Waals surface area contributed by atoms with Crippen LogP contribution < -0.4 is 4.74 Å². The normalized spacial score (nSPS) is 10.4. The van der Waals surface area contributed by atoms with Gasteiger partial charge >= 0.3 is 0 Å². The van der Waals surface area contributed by atoms with Crippen molar-refractivity contribution < 1.29 is 9.53 Å². The molecular weight excluding hydrogens is 354 g/mol. The third-order valence-corrected chi connectivity index (χ3v) is 4.58. The molecule has 0 heterocycles. The van der Waals surface area contributed by atoms with Crippen LogP contribution in [0.3, 0.4) is 0 Å². The first-order chi connectivity index (χ1) is 11.1. The Morgan fingerprint density at radius 3 is 2.48 bits per heavy atom. The number of carbonyl (C=O) groups excluding carboxylic acids is 1. The van der Waals surface area contributed by atoms with Crippen LogP contribution >= 0.6 is 15.9 Å². The van der Waals surface area contributed by atoms with E-state index in [1.54, 1.807) is 12.0 Å². The molecule has 0 radical (unpaired) electrons. The summed E-state index contributed by atoms with van der Waals surface area (Å²) in [7, 11) is 3.52. The van der Waals surface area contributed by atoms with Crippen molar-refractivity contribution in [2.75, 3.05) is 14.2 Å². The van der Waals surface area contributed by atoms with Crippen LogP contribution in [0.15, 0.2) is 53.0 Å². The second-order valence-corrected chi connectivity index (χ2v) is 6.40.